The first-order valence-corrected chi connectivity index (χ1v) is 7.39. The number of benzene rings is 1. The summed E-state index contributed by atoms with van der Waals surface area (Å²) in [4.78, 5) is 34.0. The molecular formula is C16H21FN2O6. The lowest BCUT2D eigenvalue weighted by molar-refractivity contribution is -0.384. The highest BCUT2D eigenvalue weighted by Gasteiger charge is 2.35. The summed E-state index contributed by atoms with van der Waals surface area (Å²) in [7, 11) is 1.11. The molecule has 138 valence electrons. The third kappa shape index (κ3) is 4.96. The molecule has 0 fully saturated rings. The average molecular weight is 356 g/mol. The molecule has 1 aromatic carbocycles. The smallest absolute Gasteiger partial charge is 0.339 e. The summed E-state index contributed by atoms with van der Waals surface area (Å²) in [6, 6.07) is 0.795. The minimum Gasteiger partial charge on any atom is -0.467 e. The molecule has 1 amide bonds. The van der Waals surface area contributed by atoms with Crippen molar-refractivity contribution in [3.8, 4) is 0 Å². The molecule has 8 nitrogen and oxygen atoms in total. The van der Waals surface area contributed by atoms with Gasteiger partial charge in [-0.05, 0) is 27.7 Å². The van der Waals surface area contributed by atoms with E-state index in [9.17, 15) is 24.1 Å². The first kappa shape index (κ1) is 20.5. The number of anilines is 1. The molecule has 0 aromatic heterocycles. The van der Waals surface area contributed by atoms with E-state index >= 15 is 0 Å². The summed E-state index contributed by atoms with van der Waals surface area (Å²) >= 11 is 0. The van der Waals surface area contributed by atoms with E-state index in [1.165, 1.54) is 6.92 Å². The van der Waals surface area contributed by atoms with E-state index in [1.807, 2.05) is 0 Å². The predicted molar refractivity (Wildman–Crippen MR) is 87.7 cm³/mol. The molecule has 0 saturated carbocycles. The van der Waals surface area contributed by atoms with Crippen molar-refractivity contribution < 1.29 is 28.4 Å². The van der Waals surface area contributed by atoms with Crippen LogP contribution in [-0.2, 0) is 19.1 Å². The second-order valence-corrected chi connectivity index (χ2v) is 6.36. The van der Waals surface area contributed by atoms with E-state index in [0.29, 0.717) is 0 Å². The SMILES string of the molecule is COC(=O)C(OC(C)(C)C)c1c(F)cc(NC(C)=O)c([N+](=O)[O-])c1C. The fraction of sp³-hybridized carbons (Fsp3) is 0.500. The van der Waals surface area contributed by atoms with Crippen LogP contribution in [0.25, 0.3) is 0 Å². The number of amides is 1. The van der Waals surface area contributed by atoms with Crippen molar-refractivity contribution in [1.82, 2.24) is 0 Å². The minimum atomic E-state index is -1.49. The Hall–Kier alpha value is -2.55. The van der Waals surface area contributed by atoms with Gasteiger partial charge in [0.15, 0.2) is 6.10 Å². The number of hydrogen-bond acceptors (Lipinski definition) is 6. The highest BCUT2D eigenvalue weighted by atomic mass is 19.1. The van der Waals surface area contributed by atoms with Crippen LogP contribution in [0, 0.1) is 22.9 Å². The molecule has 0 heterocycles. The Kier molecular flexibility index (Phi) is 6.20. The quantitative estimate of drug-likeness (QED) is 0.493. The van der Waals surface area contributed by atoms with Crippen LogP contribution in [0.4, 0.5) is 15.8 Å². The summed E-state index contributed by atoms with van der Waals surface area (Å²) in [6.45, 7) is 7.37. The Morgan fingerprint density at radius 2 is 1.92 bits per heavy atom. The molecule has 0 aliphatic carbocycles. The predicted octanol–water partition coefficient (Wildman–Crippen LogP) is 3.03. The van der Waals surface area contributed by atoms with Gasteiger partial charge < -0.3 is 14.8 Å². The highest BCUT2D eigenvalue weighted by molar-refractivity contribution is 5.92. The van der Waals surface area contributed by atoms with Gasteiger partial charge in [-0.2, -0.15) is 0 Å². The largest absolute Gasteiger partial charge is 0.467 e. The molecule has 9 heteroatoms. The number of nitrogens with one attached hydrogen (secondary N) is 1. The molecule has 0 spiro atoms. The molecule has 0 radical (unpaired) electrons. The van der Waals surface area contributed by atoms with Crippen LogP contribution in [0.3, 0.4) is 0 Å². The highest BCUT2D eigenvalue weighted by Crippen LogP contribution is 2.38. The van der Waals surface area contributed by atoms with Crippen molar-refractivity contribution in [2.24, 2.45) is 0 Å². The molecule has 25 heavy (non-hydrogen) atoms. The standard InChI is InChI=1S/C16H21FN2O6/c1-8-12(14(15(21)24-6)25-16(3,4)5)10(17)7-11(18-9(2)20)13(8)19(22)23/h7,14H,1-6H3,(H,18,20). The maximum Gasteiger partial charge on any atom is 0.339 e. The maximum absolute atomic E-state index is 14.7. The summed E-state index contributed by atoms with van der Waals surface area (Å²) in [5.41, 5.74) is -2.09. The van der Waals surface area contributed by atoms with Crippen LogP contribution in [0.1, 0.15) is 44.9 Å². The zero-order chi connectivity index (χ0) is 19.5. The Morgan fingerprint density at radius 1 is 1.36 bits per heavy atom. The second kappa shape index (κ2) is 7.56. The average Bonchev–Trinajstić information content (AvgIpc) is 2.42. The van der Waals surface area contributed by atoms with Crippen LogP contribution in [-0.4, -0.2) is 29.5 Å². The van der Waals surface area contributed by atoms with Crippen molar-refractivity contribution in [3.63, 3.8) is 0 Å². The summed E-state index contributed by atoms with van der Waals surface area (Å²) < 4.78 is 24.9. The van der Waals surface area contributed by atoms with Gasteiger partial charge in [0.05, 0.1) is 17.6 Å². The van der Waals surface area contributed by atoms with Gasteiger partial charge in [-0.3, -0.25) is 14.9 Å². The molecule has 0 aliphatic heterocycles. The van der Waals surface area contributed by atoms with E-state index in [-0.39, 0.29) is 16.8 Å². The molecule has 1 N–H and O–H groups in total. The number of hydrogen-bond donors (Lipinski definition) is 1. The Balaban J connectivity index is 3.66. The van der Waals surface area contributed by atoms with Crippen LogP contribution in [0.15, 0.2) is 6.07 Å². The number of methoxy groups -OCH3 is 1. The van der Waals surface area contributed by atoms with Crippen molar-refractivity contribution in [1.29, 1.82) is 0 Å². The molecule has 1 unspecified atom stereocenters. The number of ether oxygens (including phenoxy) is 2. The number of nitro groups is 1. The summed E-state index contributed by atoms with van der Waals surface area (Å²) in [6.07, 6.45) is -1.49. The first-order chi connectivity index (χ1) is 11.4. The van der Waals surface area contributed by atoms with Crippen molar-refractivity contribution in [2.75, 3.05) is 12.4 Å². The number of carbonyl (C=O) groups excluding carboxylic acids is 2. The van der Waals surface area contributed by atoms with Crippen LogP contribution in [0.5, 0.6) is 0 Å². The van der Waals surface area contributed by atoms with Gasteiger partial charge in [0.1, 0.15) is 11.5 Å². The van der Waals surface area contributed by atoms with Gasteiger partial charge in [0.25, 0.3) is 5.69 Å². The van der Waals surface area contributed by atoms with E-state index in [4.69, 9.17) is 4.74 Å². The van der Waals surface area contributed by atoms with Gasteiger partial charge in [0.2, 0.25) is 5.91 Å². The minimum absolute atomic E-state index is 0.131. The van der Waals surface area contributed by atoms with Gasteiger partial charge in [-0.1, -0.05) is 0 Å². The zero-order valence-electron chi connectivity index (χ0n) is 14.9. The molecule has 1 atom stereocenters. The first-order valence-electron chi connectivity index (χ1n) is 7.39. The molecule has 0 bridgehead atoms. The molecule has 0 aliphatic rings. The van der Waals surface area contributed by atoms with Crippen molar-refractivity contribution in [3.05, 3.63) is 33.1 Å². The van der Waals surface area contributed by atoms with Gasteiger partial charge in [0, 0.05) is 24.1 Å². The number of nitrogens with zero attached hydrogens (tertiary/aromatic N) is 1. The molecular weight excluding hydrogens is 335 g/mol. The van der Waals surface area contributed by atoms with Gasteiger partial charge in [-0.15, -0.1) is 0 Å². The van der Waals surface area contributed by atoms with Crippen molar-refractivity contribution >= 4 is 23.3 Å². The molecule has 1 rings (SSSR count). The van der Waals surface area contributed by atoms with E-state index in [1.54, 1.807) is 20.8 Å². The summed E-state index contributed by atoms with van der Waals surface area (Å²) in [5.74, 6) is -2.41. The van der Waals surface area contributed by atoms with E-state index in [0.717, 1.165) is 20.1 Å². The fourth-order valence-electron chi connectivity index (χ4n) is 2.31. The number of esters is 1. The van der Waals surface area contributed by atoms with Gasteiger partial charge in [-0.25, -0.2) is 9.18 Å². The lowest BCUT2D eigenvalue weighted by Crippen LogP contribution is -2.29. The number of rotatable bonds is 5. The van der Waals surface area contributed by atoms with Crippen molar-refractivity contribution in [2.45, 2.75) is 46.3 Å². The third-order valence-electron chi connectivity index (χ3n) is 3.18. The Morgan fingerprint density at radius 3 is 2.32 bits per heavy atom. The number of nitro benzene ring substituents is 1. The Bertz CT molecular complexity index is 712. The van der Waals surface area contributed by atoms with Crippen LogP contribution >= 0.6 is 0 Å². The van der Waals surface area contributed by atoms with Gasteiger partial charge >= 0.3 is 5.97 Å². The summed E-state index contributed by atoms with van der Waals surface area (Å²) in [5, 5.41) is 13.6. The zero-order valence-corrected chi connectivity index (χ0v) is 14.9. The topological polar surface area (TPSA) is 108 Å². The lowest BCUT2D eigenvalue weighted by Gasteiger charge is -2.27. The van der Waals surface area contributed by atoms with E-state index in [2.05, 4.69) is 10.1 Å². The van der Waals surface area contributed by atoms with Crippen LogP contribution in [0.2, 0.25) is 0 Å². The number of halogens is 1. The molecule has 1 aromatic rings. The fourth-order valence-corrected chi connectivity index (χ4v) is 2.31. The third-order valence-corrected chi connectivity index (χ3v) is 3.18. The maximum atomic E-state index is 14.7. The Labute approximate surface area is 144 Å². The normalized spacial score (nSPS) is 12.4. The van der Waals surface area contributed by atoms with Crippen LogP contribution < -0.4 is 5.32 Å². The number of carbonyl (C=O) groups is 2. The second-order valence-electron chi connectivity index (χ2n) is 6.36. The lowest BCUT2D eigenvalue weighted by atomic mass is 9.98. The van der Waals surface area contributed by atoms with E-state index < -0.39 is 40.0 Å². The molecule has 0 saturated heterocycles. The monoisotopic (exact) mass is 356 g/mol.